The van der Waals surface area contributed by atoms with Crippen molar-refractivity contribution < 1.29 is 9.21 Å². The highest BCUT2D eigenvalue weighted by atomic mass is 16.3. The first-order valence-electron chi connectivity index (χ1n) is 5.62. The molecule has 0 radical (unpaired) electrons. The molecule has 1 fully saturated rings. The Bertz CT molecular complexity index is 318. The molecule has 1 saturated carbocycles. The van der Waals surface area contributed by atoms with Crippen molar-refractivity contribution in [2.45, 2.75) is 38.6 Å². The fraction of sp³-hybridized carbons (Fsp3) is 0.583. The minimum Gasteiger partial charge on any atom is -0.459 e. The minimum atomic E-state index is -0.0845. The molecule has 0 spiro atoms. The van der Waals surface area contributed by atoms with Gasteiger partial charge in [0.2, 0.25) is 0 Å². The SMILES string of the molecule is C[C@H]1CCCC[C@H]1NC(=O)c1ccco1. The van der Waals surface area contributed by atoms with E-state index in [0.29, 0.717) is 17.7 Å². The third-order valence-electron chi connectivity index (χ3n) is 3.17. The van der Waals surface area contributed by atoms with Crippen molar-refractivity contribution in [2.75, 3.05) is 0 Å². The molecular formula is C12H17NO2. The lowest BCUT2D eigenvalue weighted by atomic mass is 9.86. The molecule has 0 bridgehead atoms. The van der Waals surface area contributed by atoms with Crippen LogP contribution in [-0.2, 0) is 0 Å². The Labute approximate surface area is 89.9 Å². The number of hydrogen-bond donors (Lipinski definition) is 1. The van der Waals surface area contributed by atoms with E-state index in [4.69, 9.17) is 4.42 Å². The fourth-order valence-electron chi connectivity index (χ4n) is 2.18. The Hall–Kier alpha value is -1.25. The molecule has 3 nitrogen and oxygen atoms in total. The van der Waals surface area contributed by atoms with Gasteiger partial charge in [-0.2, -0.15) is 0 Å². The van der Waals surface area contributed by atoms with E-state index < -0.39 is 0 Å². The van der Waals surface area contributed by atoms with E-state index in [2.05, 4.69) is 12.2 Å². The van der Waals surface area contributed by atoms with Crippen molar-refractivity contribution in [2.24, 2.45) is 5.92 Å². The molecule has 15 heavy (non-hydrogen) atoms. The van der Waals surface area contributed by atoms with Crippen LogP contribution in [0.2, 0.25) is 0 Å². The summed E-state index contributed by atoms with van der Waals surface area (Å²) in [6, 6.07) is 3.75. The number of carbonyl (C=O) groups excluding carboxylic acids is 1. The van der Waals surface area contributed by atoms with Crippen LogP contribution in [0.25, 0.3) is 0 Å². The second-order valence-electron chi connectivity index (χ2n) is 4.32. The van der Waals surface area contributed by atoms with Gasteiger partial charge in [0, 0.05) is 6.04 Å². The van der Waals surface area contributed by atoms with Gasteiger partial charge in [0.1, 0.15) is 0 Å². The Morgan fingerprint density at radius 3 is 2.93 bits per heavy atom. The van der Waals surface area contributed by atoms with Crippen LogP contribution in [-0.4, -0.2) is 11.9 Å². The van der Waals surface area contributed by atoms with E-state index in [9.17, 15) is 4.79 Å². The van der Waals surface area contributed by atoms with Crippen LogP contribution in [0.4, 0.5) is 0 Å². The summed E-state index contributed by atoms with van der Waals surface area (Å²) in [5, 5.41) is 3.04. The first kappa shape index (κ1) is 10.3. The highest BCUT2D eigenvalue weighted by Gasteiger charge is 2.23. The summed E-state index contributed by atoms with van der Waals surface area (Å²) in [6.07, 6.45) is 6.33. The molecule has 1 aromatic heterocycles. The van der Waals surface area contributed by atoms with Crippen molar-refractivity contribution in [1.82, 2.24) is 5.32 Å². The van der Waals surface area contributed by atoms with Gasteiger partial charge in [0.15, 0.2) is 5.76 Å². The normalized spacial score (nSPS) is 26.2. The Morgan fingerprint density at radius 1 is 1.47 bits per heavy atom. The van der Waals surface area contributed by atoms with E-state index >= 15 is 0 Å². The molecule has 82 valence electrons. The molecule has 0 aromatic carbocycles. The molecule has 0 unspecified atom stereocenters. The van der Waals surface area contributed by atoms with E-state index in [1.807, 2.05) is 0 Å². The van der Waals surface area contributed by atoms with Crippen LogP contribution in [0.1, 0.15) is 43.2 Å². The molecule has 2 atom stereocenters. The van der Waals surface area contributed by atoms with E-state index in [1.54, 1.807) is 12.1 Å². The summed E-state index contributed by atoms with van der Waals surface area (Å²) in [5.74, 6) is 0.907. The second-order valence-corrected chi connectivity index (χ2v) is 4.32. The van der Waals surface area contributed by atoms with Crippen LogP contribution in [0.15, 0.2) is 22.8 Å². The number of nitrogens with one attached hydrogen (secondary N) is 1. The summed E-state index contributed by atoms with van der Waals surface area (Å²) in [6.45, 7) is 2.20. The summed E-state index contributed by atoms with van der Waals surface area (Å²) < 4.78 is 5.06. The van der Waals surface area contributed by atoms with E-state index in [-0.39, 0.29) is 5.91 Å². The average molecular weight is 207 g/mol. The van der Waals surface area contributed by atoms with Crippen molar-refractivity contribution in [3.05, 3.63) is 24.2 Å². The quantitative estimate of drug-likeness (QED) is 0.809. The van der Waals surface area contributed by atoms with Crippen LogP contribution < -0.4 is 5.32 Å². The third kappa shape index (κ3) is 2.41. The van der Waals surface area contributed by atoms with Gasteiger partial charge in [0.05, 0.1) is 6.26 Å². The topological polar surface area (TPSA) is 42.2 Å². The molecule has 1 aliphatic rings. The van der Waals surface area contributed by atoms with Gasteiger partial charge < -0.3 is 9.73 Å². The first-order valence-corrected chi connectivity index (χ1v) is 5.62. The Balaban J connectivity index is 1.93. The summed E-state index contributed by atoms with van der Waals surface area (Å²) >= 11 is 0. The highest BCUT2D eigenvalue weighted by Crippen LogP contribution is 2.23. The maximum Gasteiger partial charge on any atom is 0.287 e. The number of carbonyl (C=O) groups is 1. The van der Waals surface area contributed by atoms with Gasteiger partial charge >= 0.3 is 0 Å². The zero-order chi connectivity index (χ0) is 10.7. The first-order chi connectivity index (χ1) is 7.27. The van der Waals surface area contributed by atoms with Gasteiger partial charge in [-0.1, -0.05) is 19.8 Å². The molecule has 1 N–H and O–H groups in total. The third-order valence-corrected chi connectivity index (χ3v) is 3.17. The molecule has 1 aromatic rings. The molecule has 1 amide bonds. The zero-order valence-electron chi connectivity index (χ0n) is 9.03. The van der Waals surface area contributed by atoms with Crippen molar-refractivity contribution in [1.29, 1.82) is 0 Å². The predicted molar refractivity (Wildman–Crippen MR) is 57.6 cm³/mol. The zero-order valence-corrected chi connectivity index (χ0v) is 9.03. The smallest absolute Gasteiger partial charge is 0.287 e. The van der Waals surface area contributed by atoms with Crippen LogP contribution in [0, 0.1) is 5.92 Å². The van der Waals surface area contributed by atoms with Gasteiger partial charge in [-0.25, -0.2) is 0 Å². The van der Waals surface area contributed by atoms with E-state index in [1.165, 1.54) is 25.5 Å². The van der Waals surface area contributed by atoms with Crippen LogP contribution in [0.3, 0.4) is 0 Å². The lowest BCUT2D eigenvalue weighted by Crippen LogP contribution is -2.40. The largest absolute Gasteiger partial charge is 0.459 e. The Morgan fingerprint density at radius 2 is 2.27 bits per heavy atom. The van der Waals surface area contributed by atoms with Crippen molar-refractivity contribution in [3.8, 4) is 0 Å². The van der Waals surface area contributed by atoms with Crippen LogP contribution in [0.5, 0.6) is 0 Å². The lowest BCUT2D eigenvalue weighted by Gasteiger charge is -2.29. The number of hydrogen-bond acceptors (Lipinski definition) is 2. The monoisotopic (exact) mass is 207 g/mol. The summed E-state index contributed by atoms with van der Waals surface area (Å²) in [5.41, 5.74) is 0. The molecule has 1 aliphatic carbocycles. The number of furan rings is 1. The molecule has 2 rings (SSSR count). The van der Waals surface area contributed by atoms with Crippen molar-refractivity contribution >= 4 is 5.91 Å². The predicted octanol–water partition coefficient (Wildman–Crippen LogP) is 2.59. The number of amides is 1. The van der Waals surface area contributed by atoms with Crippen molar-refractivity contribution in [3.63, 3.8) is 0 Å². The molecule has 3 heteroatoms. The standard InChI is InChI=1S/C12H17NO2/c1-9-5-2-3-6-10(9)13-12(14)11-7-4-8-15-11/h4,7-10H,2-3,5-6H2,1H3,(H,13,14)/t9-,10+/m0/s1. The van der Waals surface area contributed by atoms with Gasteiger partial charge in [0.25, 0.3) is 5.91 Å². The molecule has 1 heterocycles. The molecule has 0 aliphatic heterocycles. The maximum absolute atomic E-state index is 11.7. The van der Waals surface area contributed by atoms with Gasteiger partial charge in [-0.05, 0) is 30.9 Å². The summed E-state index contributed by atoms with van der Waals surface area (Å²) in [4.78, 5) is 11.7. The van der Waals surface area contributed by atoms with Gasteiger partial charge in [-0.15, -0.1) is 0 Å². The van der Waals surface area contributed by atoms with Gasteiger partial charge in [-0.3, -0.25) is 4.79 Å². The average Bonchev–Trinajstić information content (AvgIpc) is 2.74. The minimum absolute atomic E-state index is 0.0845. The highest BCUT2D eigenvalue weighted by molar-refractivity contribution is 5.91. The van der Waals surface area contributed by atoms with E-state index in [0.717, 1.165) is 6.42 Å². The Kier molecular flexibility index (Phi) is 3.09. The molecular weight excluding hydrogens is 190 g/mol. The van der Waals surface area contributed by atoms with Crippen LogP contribution >= 0.6 is 0 Å². The maximum atomic E-state index is 11.7. The lowest BCUT2D eigenvalue weighted by molar-refractivity contribution is 0.0882. The fourth-order valence-corrected chi connectivity index (χ4v) is 2.18. The summed E-state index contributed by atoms with van der Waals surface area (Å²) in [7, 11) is 0. The number of rotatable bonds is 2. The second kappa shape index (κ2) is 4.51. The molecule has 0 saturated heterocycles.